The Morgan fingerprint density at radius 3 is 3.00 bits per heavy atom. The number of hydrogen-bond acceptors (Lipinski definition) is 3. The van der Waals surface area contributed by atoms with Crippen molar-refractivity contribution in [1.82, 2.24) is 9.88 Å². The van der Waals surface area contributed by atoms with Crippen LogP contribution in [0.1, 0.15) is 5.56 Å². The van der Waals surface area contributed by atoms with Gasteiger partial charge in [0.2, 0.25) is 0 Å². The summed E-state index contributed by atoms with van der Waals surface area (Å²) in [6.07, 6.45) is 3.23. The van der Waals surface area contributed by atoms with Gasteiger partial charge < -0.3 is 4.90 Å². The predicted molar refractivity (Wildman–Crippen MR) is 50.8 cm³/mol. The van der Waals surface area contributed by atoms with Crippen LogP contribution in [0.15, 0.2) is 23.3 Å². The fourth-order valence-electron chi connectivity index (χ4n) is 0.757. The molecule has 1 rings (SSSR count). The van der Waals surface area contributed by atoms with Crippen molar-refractivity contribution in [2.45, 2.75) is 0 Å². The van der Waals surface area contributed by atoms with Crippen molar-refractivity contribution in [2.24, 2.45) is 4.99 Å². The monoisotopic (exact) mass is 174 g/mol. The van der Waals surface area contributed by atoms with Crippen LogP contribution in [0.2, 0.25) is 0 Å². The molecule has 1 aromatic rings. The molecule has 0 aliphatic rings. The minimum atomic E-state index is 0.457. The van der Waals surface area contributed by atoms with E-state index in [0.29, 0.717) is 11.4 Å². The van der Waals surface area contributed by atoms with E-state index in [-0.39, 0.29) is 0 Å². The summed E-state index contributed by atoms with van der Waals surface area (Å²) in [6, 6.07) is 5.43. The van der Waals surface area contributed by atoms with Gasteiger partial charge in [0, 0.05) is 20.3 Å². The summed E-state index contributed by atoms with van der Waals surface area (Å²) in [4.78, 5) is 9.81. The third-order valence-corrected chi connectivity index (χ3v) is 1.32. The lowest BCUT2D eigenvalue weighted by Gasteiger charge is -2.01. The summed E-state index contributed by atoms with van der Waals surface area (Å²) >= 11 is 0. The van der Waals surface area contributed by atoms with Gasteiger partial charge in [-0.15, -0.1) is 0 Å². The zero-order valence-corrected chi connectivity index (χ0v) is 7.60. The SMILES string of the molecule is CN(C)/C=N/c1ncccc1C#N. The van der Waals surface area contributed by atoms with Crippen LogP contribution < -0.4 is 0 Å². The number of nitrogens with zero attached hydrogens (tertiary/aromatic N) is 4. The van der Waals surface area contributed by atoms with E-state index in [1.807, 2.05) is 20.2 Å². The van der Waals surface area contributed by atoms with E-state index in [1.54, 1.807) is 29.6 Å². The fourth-order valence-corrected chi connectivity index (χ4v) is 0.757. The second-order valence-electron chi connectivity index (χ2n) is 2.69. The molecule has 66 valence electrons. The number of rotatable bonds is 2. The van der Waals surface area contributed by atoms with Crippen molar-refractivity contribution < 1.29 is 0 Å². The van der Waals surface area contributed by atoms with Gasteiger partial charge in [0.05, 0.1) is 11.9 Å². The lowest BCUT2D eigenvalue weighted by Crippen LogP contribution is -2.07. The normalized spacial score (nSPS) is 9.92. The van der Waals surface area contributed by atoms with Crippen molar-refractivity contribution in [3.8, 4) is 6.07 Å². The highest BCUT2D eigenvalue weighted by Crippen LogP contribution is 2.12. The van der Waals surface area contributed by atoms with Gasteiger partial charge in [-0.3, -0.25) is 0 Å². The molecule has 0 N–H and O–H groups in total. The largest absolute Gasteiger partial charge is 0.369 e. The Balaban J connectivity index is 2.95. The lowest BCUT2D eigenvalue weighted by atomic mass is 10.3. The molecule has 13 heavy (non-hydrogen) atoms. The Morgan fingerprint density at radius 1 is 1.62 bits per heavy atom. The highest BCUT2D eigenvalue weighted by molar-refractivity contribution is 5.62. The smallest absolute Gasteiger partial charge is 0.171 e. The maximum Gasteiger partial charge on any atom is 0.171 e. The quantitative estimate of drug-likeness (QED) is 0.499. The molecule has 0 aliphatic carbocycles. The minimum absolute atomic E-state index is 0.457. The van der Waals surface area contributed by atoms with E-state index in [9.17, 15) is 0 Å². The molecule has 1 heterocycles. The molecule has 0 amide bonds. The molecule has 0 aliphatic heterocycles. The molecule has 0 atom stereocenters. The van der Waals surface area contributed by atoms with Crippen LogP contribution in [0.25, 0.3) is 0 Å². The molecule has 0 unspecified atom stereocenters. The van der Waals surface area contributed by atoms with E-state index in [0.717, 1.165) is 0 Å². The second kappa shape index (κ2) is 4.21. The first-order chi connectivity index (χ1) is 6.24. The minimum Gasteiger partial charge on any atom is -0.369 e. The third kappa shape index (κ3) is 2.56. The van der Waals surface area contributed by atoms with Gasteiger partial charge >= 0.3 is 0 Å². The number of aromatic nitrogens is 1. The second-order valence-corrected chi connectivity index (χ2v) is 2.69. The van der Waals surface area contributed by atoms with Crippen LogP contribution in [0.5, 0.6) is 0 Å². The van der Waals surface area contributed by atoms with Gasteiger partial charge in [-0.05, 0) is 12.1 Å². The van der Waals surface area contributed by atoms with Crippen LogP contribution >= 0.6 is 0 Å². The van der Waals surface area contributed by atoms with E-state index in [1.165, 1.54) is 0 Å². The number of aliphatic imine (C=N–C) groups is 1. The Hall–Kier alpha value is -1.89. The Labute approximate surface area is 77.2 Å². The van der Waals surface area contributed by atoms with Crippen LogP contribution in [0, 0.1) is 11.3 Å². The van der Waals surface area contributed by atoms with Gasteiger partial charge in [0.25, 0.3) is 0 Å². The number of hydrogen-bond donors (Lipinski definition) is 0. The maximum atomic E-state index is 8.71. The van der Waals surface area contributed by atoms with E-state index in [4.69, 9.17) is 5.26 Å². The van der Waals surface area contributed by atoms with Crippen molar-refractivity contribution in [3.05, 3.63) is 23.9 Å². The van der Waals surface area contributed by atoms with Gasteiger partial charge in [0.15, 0.2) is 5.82 Å². The van der Waals surface area contributed by atoms with Crippen LogP contribution in [-0.2, 0) is 0 Å². The molecular weight excluding hydrogens is 164 g/mol. The molecule has 0 saturated carbocycles. The van der Waals surface area contributed by atoms with Gasteiger partial charge in [-0.1, -0.05) is 0 Å². The van der Waals surface area contributed by atoms with E-state index in [2.05, 4.69) is 9.98 Å². The first-order valence-corrected chi connectivity index (χ1v) is 3.80. The fraction of sp³-hybridized carbons (Fsp3) is 0.222. The van der Waals surface area contributed by atoms with Crippen molar-refractivity contribution >= 4 is 12.2 Å². The molecule has 4 heteroatoms. The van der Waals surface area contributed by atoms with Gasteiger partial charge in [-0.25, -0.2) is 9.98 Å². The highest BCUT2D eigenvalue weighted by atomic mass is 15.1. The summed E-state index contributed by atoms with van der Waals surface area (Å²) < 4.78 is 0. The van der Waals surface area contributed by atoms with E-state index >= 15 is 0 Å². The molecule has 0 bridgehead atoms. The van der Waals surface area contributed by atoms with Crippen LogP contribution in [0.4, 0.5) is 5.82 Å². The molecule has 0 spiro atoms. The first kappa shape index (κ1) is 9.20. The molecule has 0 radical (unpaired) electrons. The zero-order valence-electron chi connectivity index (χ0n) is 7.60. The summed E-state index contributed by atoms with van der Waals surface area (Å²) in [5.74, 6) is 0.457. The van der Waals surface area contributed by atoms with Crippen LogP contribution in [-0.4, -0.2) is 30.3 Å². The van der Waals surface area contributed by atoms with Crippen molar-refractivity contribution in [3.63, 3.8) is 0 Å². The average Bonchev–Trinajstić information content (AvgIpc) is 2.15. The Morgan fingerprint density at radius 2 is 2.38 bits per heavy atom. The number of nitriles is 1. The zero-order chi connectivity index (χ0) is 9.68. The predicted octanol–water partition coefficient (Wildman–Crippen LogP) is 1.17. The van der Waals surface area contributed by atoms with Gasteiger partial charge in [0.1, 0.15) is 6.07 Å². The Kier molecular flexibility index (Phi) is 2.98. The molecule has 0 fully saturated rings. The van der Waals surface area contributed by atoms with Gasteiger partial charge in [-0.2, -0.15) is 5.26 Å². The summed E-state index contributed by atoms with van der Waals surface area (Å²) in [7, 11) is 3.72. The van der Waals surface area contributed by atoms with E-state index < -0.39 is 0 Å². The molecule has 1 aromatic heterocycles. The first-order valence-electron chi connectivity index (χ1n) is 3.80. The standard InChI is InChI=1S/C9H10N4/c1-13(2)7-12-9-8(6-10)4-3-5-11-9/h3-5,7H,1-2H3/b12-7+. The summed E-state index contributed by atoms with van der Waals surface area (Å²) in [5, 5.41) is 8.71. The molecular formula is C9H10N4. The number of pyridine rings is 1. The average molecular weight is 174 g/mol. The topological polar surface area (TPSA) is 52.3 Å². The van der Waals surface area contributed by atoms with Crippen LogP contribution in [0.3, 0.4) is 0 Å². The third-order valence-electron chi connectivity index (χ3n) is 1.32. The highest BCUT2D eigenvalue weighted by Gasteiger charge is 1.97. The summed E-state index contributed by atoms with van der Waals surface area (Å²) in [5.41, 5.74) is 0.487. The lowest BCUT2D eigenvalue weighted by molar-refractivity contribution is 0.643. The molecule has 4 nitrogen and oxygen atoms in total. The summed E-state index contributed by atoms with van der Waals surface area (Å²) in [6.45, 7) is 0. The van der Waals surface area contributed by atoms with Crippen molar-refractivity contribution in [2.75, 3.05) is 14.1 Å². The molecule has 0 saturated heterocycles. The Bertz CT molecular complexity index is 349. The molecule has 0 aromatic carbocycles. The van der Waals surface area contributed by atoms with Crippen molar-refractivity contribution in [1.29, 1.82) is 5.26 Å². The maximum absolute atomic E-state index is 8.71.